The molecule has 0 aliphatic carbocycles. The molecule has 1 amide bonds. The predicted molar refractivity (Wildman–Crippen MR) is 92.6 cm³/mol. The van der Waals surface area contributed by atoms with Crippen LogP contribution in [-0.4, -0.2) is 30.8 Å². The molecule has 0 spiro atoms. The lowest BCUT2D eigenvalue weighted by atomic mass is 10.1. The first kappa shape index (κ1) is 18.4. The maximum absolute atomic E-state index is 12.1. The summed E-state index contributed by atoms with van der Waals surface area (Å²) in [6, 6.07) is 7.60. The second-order valence-corrected chi connectivity index (χ2v) is 6.51. The van der Waals surface area contributed by atoms with Crippen LogP contribution in [0.25, 0.3) is 0 Å². The molecule has 116 valence electrons. The first-order valence-corrected chi connectivity index (χ1v) is 8.00. The van der Waals surface area contributed by atoms with Crippen LogP contribution in [0.1, 0.15) is 13.3 Å². The van der Waals surface area contributed by atoms with E-state index in [9.17, 15) is 4.79 Å². The van der Waals surface area contributed by atoms with Gasteiger partial charge < -0.3 is 10.6 Å². The molecule has 1 aliphatic heterocycles. The topological polar surface area (TPSA) is 41.1 Å². The summed E-state index contributed by atoms with van der Waals surface area (Å²) >= 11 is 7.59. The summed E-state index contributed by atoms with van der Waals surface area (Å²) in [5.41, 5.74) is 1.30. The summed E-state index contributed by atoms with van der Waals surface area (Å²) in [4.78, 5) is 13.0. The van der Waals surface area contributed by atoms with E-state index in [1.54, 1.807) is 0 Å². The molecule has 0 saturated carbocycles. The average molecular weight is 347 g/mol. The molecule has 2 rings (SSSR count). The van der Waals surface area contributed by atoms with Crippen LogP contribution in [0.2, 0.25) is 5.02 Å². The molecule has 2 N–H and O–H groups in total. The molecular formula is C15H20Cl2N2OS. The quantitative estimate of drug-likeness (QED) is 0.634. The number of carbonyl (C=O) groups excluding carboxylic acids is 1. The molecule has 1 heterocycles. The van der Waals surface area contributed by atoms with Crippen LogP contribution >= 0.6 is 35.8 Å². The van der Waals surface area contributed by atoms with Crippen LogP contribution in [0.5, 0.6) is 0 Å². The number of benzene rings is 1. The largest absolute Gasteiger partial charge is 0.351 e. The number of hydrogen-bond acceptors (Lipinski definition) is 3. The fraction of sp³-hybridized carbons (Fsp3) is 0.400. The van der Waals surface area contributed by atoms with Gasteiger partial charge in [0.25, 0.3) is 0 Å². The van der Waals surface area contributed by atoms with Gasteiger partial charge in [-0.15, -0.1) is 24.2 Å². The normalized spacial score (nSPS) is 15.6. The van der Waals surface area contributed by atoms with Gasteiger partial charge in [0.2, 0.25) is 5.91 Å². The Bertz CT molecular complexity index is 508. The summed E-state index contributed by atoms with van der Waals surface area (Å²) in [5.74, 6) is 0.0503. The Kier molecular flexibility index (Phi) is 8.19. The number of carbonyl (C=O) groups is 1. The molecule has 0 saturated heterocycles. The zero-order valence-corrected chi connectivity index (χ0v) is 14.3. The summed E-state index contributed by atoms with van der Waals surface area (Å²) in [5, 5.41) is 6.79. The first-order chi connectivity index (χ1) is 9.66. The maximum atomic E-state index is 12.1. The fourth-order valence-electron chi connectivity index (χ4n) is 1.96. The highest BCUT2D eigenvalue weighted by atomic mass is 35.5. The van der Waals surface area contributed by atoms with Crippen LogP contribution in [-0.2, 0) is 4.79 Å². The van der Waals surface area contributed by atoms with E-state index in [0.29, 0.717) is 11.6 Å². The number of hydrogen-bond donors (Lipinski definition) is 2. The molecule has 6 heteroatoms. The van der Waals surface area contributed by atoms with Gasteiger partial charge in [-0.25, -0.2) is 0 Å². The Morgan fingerprint density at radius 3 is 2.90 bits per heavy atom. The van der Waals surface area contributed by atoms with Crippen LogP contribution < -0.4 is 10.6 Å². The minimum atomic E-state index is -0.155. The van der Waals surface area contributed by atoms with Crippen LogP contribution in [0.4, 0.5) is 0 Å². The summed E-state index contributed by atoms with van der Waals surface area (Å²) in [6.07, 6.45) is 3.15. The van der Waals surface area contributed by atoms with Crippen LogP contribution in [0, 0.1) is 0 Å². The molecule has 0 aromatic heterocycles. The molecule has 1 aromatic rings. The number of halogens is 2. The standard InChI is InChI=1S/C15H19ClN2OS.ClH/c1-11(20-14-5-3-2-4-13(14)16)15(19)18-10-12-6-8-17-9-7-12;/h2-6,11,17H,7-10H2,1H3,(H,18,19);1H. The smallest absolute Gasteiger partial charge is 0.233 e. The van der Waals surface area contributed by atoms with Gasteiger partial charge in [-0.05, 0) is 32.0 Å². The van der Waals surface area contributed by atoms with E-state index in [1.165, 1.54) is 17.3 Å². The molecule has 1 aromatic carbocycles. The van der Waals surface area contributed by atoms with Crippen molar-refractivity contribution in [1.29, 1.82) is 0 Å². The van der Waals surface area contributed by atoms with Gasteiger partial charge in [0.15, 0.2) is 0 Å². The van der Waals surface area contributed by atoms with Gasteiger partial charge in [-0.1, -0.05) is 35.4 Å². The van der Waals surface area contributed by atoms with Crippen molar-refractivity contribution in [3.63, 3.8) is 0 Å². The molecule has 1 aliphatic rings. The highest BCUT2D eigenvalue weighted by Crippen LogP contribution is 2.29. The zero-order valence-electron chi connectivity index (χ0n) is 11.9. The predicted octanol–water partition coefficient (Wildman–Crippen LogP) is 3.28. The number of nitrogens with one attached hydrogen (secondary N) is 2. The molecule has 21 heavy (non-hydrogen) atoms. The molecule has 0 bridgehead atoms. The minimum absolute atomic E-state index is 0. The van der Waals surface area contributed by atoms with Crippen molar-refractivity contribution in [3.05, 3.63) is 40.9 Å². The van der Waals surface area contributed by atoms with Crippen molar-refractivity contribution in [3.8, 4) is 0 Å². The van der Waals surface area contributed by atoms with Crippen LogP contribution in [0.3, 0.4) is 0 Å². The van der Waals surface area contributed by atoms with Crippen molar-refractivity contribution in [2.24, 2.45) is 0 Å². The highest BCUT2D eigenvalue weighted by molar-refractivity contribution is 8.00. The third-order valence-corrected chi connectivity index (χ3v) is 4.78. The molecular weight excluding hydrogens is 327 g/mol. The van der Waals surface area contributed by atoms with Gasteiger partial charge in [0, 0.05) is 18.0 Å². The Labute approximate surface area is 141 Å². The number of rotatable bonds is 5. The highest BCUT2D eigenvalue weighted by Gasteiger charge is 2.16. The third-order valence-electron chi connectivity index (χ3n) is 3.16. The van der Waals surface area contributed by atoms with E-state index in [0.717, 1.165) is 24.4 Å². The average Bonchev–Trinajstić information content (AvgIpc) is 2.48. The monoisotopic (exact) mass is 346 g/mol. The van der Waals surface area contributed by atoms with Gasteiger partial charge >= 0.3 is 0 Å². The van der Waals surface area contributed by atoms with Gasteiger partial charge in [-0.2, -0.15) is 0 Å². The Morgan fingerprint density at radius 2 is 2.24 bits per heavy atom. The van der Waals surface area contributed by atoms with Crippen molar-refractivity contribution in [1.82, 2.24) is 10.6 Å². The maximum Gasteiger partial charge on any atom is 0.233 e. The van der Waals surface area contributed by atoms with Crippen molar-refractivity contribution in [2.45, 2.75) is 23.5 Å². The van der Waals surface area contributed by atoms with Crippen molar-refractivity contribution in [2.75, 3.05) is 19.6 Å². The second-order valence-electron chi connectivity index (χ2n) is 4.72. The second kappa shape index (κ2) is 9.36. The lowest BCUT2D eigenvalue weighted by Gasteiger charge is -2.16. The van der Waals surface area contributed by atoms with Gasteiger partial charge in [0.1, 0.15) is 0 Å². The van der Waals surface area contributed by atoms with E-state index in [1.807, 2.05) is 31.2 Å². The number of thioether (sulfide) groups is 1. The third kappa shape index (κ3) is 5.91. The summed E-state index contributed by atoms with van der Waals surface area (Å²) < 4.78 is 0. The lowest BCUT2D eigenvalue weighted by Crippen LogP contribution is -2.34. The molecule has 1 atom stereocenters. The minimum Gasteiger partial charge on any atom is -0.351 e. The Balaban J connectivity index is 0.00000220. The Morgan fingerprint density at radius 1 is 1.48 bits per heavy atom. The molecule has 3 nitrogen and oxygen atoms in total. The van der Waals surface area contributed by atoms with Gasteiger partial charge in [0.05, 0.1) is 10.3 Å². The lowest BCUT2D eigenvalue weighted by molar-refractivity contribution is -0.120. The SMILES string of the molecule is CC(Sc1ccccc1Cl)C(=O)NCC1=CCNCC1.Cl. The first-order valence-electron chi connectivity index (χ1n) is 6.74. The molecule has 1 unspecified atom stereocenters. The van der Waals surface area contributed by atoms with Crippen molar-refractivity contribution >= 4 is 41.7 Å². The van der Waals surface area contributed by atoms with E-state index in [2.05, 4.69) is 16.7 Å². The van der Waals surface area contributed by atoms with E-state index >= 15 is 0 Å². The van der Waals surface area contributed by atoms with E-state index in [-0.39, 0.29) is 23.6 Å². The summed E-state index contributed by atoms with van der Waals surface area (Å²) in [6.45, 7) is 4.44. The van der Waals surface area contributed by atoms with E-state index < -0.39 is 0 Å². The van der Waals surface area contributed by atoms with Gasteiger partial charge in [-0.3, -0.25) is 4.79 Å². The van der Waals surface area contributed by atoms with Crippen LogP contribution in [0.15, 0.2) is 40.8 Å². The molecule has 0 fully saturated rings. The zero-order chi connectivity index (χ0) is 14.4. The fourth-order valence-corrected chi connectivity index (χ4v) is 3.14. The molecule has 0 radical (unpaired) electrons. The van der Waals surface area contributed by atoms with Crippen molar-refractivity contribution < 1.29 is 4.79 Å². The Hall–Kier alpha value is -0.680. The summed E-state index contributed by atoms with van der Waals surface area (Å²) in [7, 11) is 0. The number of amides is 1. The van der Waals surface area contributed by atoms with E-state index in [4.69, 9.17) is 11.6 Å².